The Bertz CT molecular complexity index is 1020. The standard InChI is InChI=1S/C25H28FNO3S/c1-24(2,3)18-11-16(12-19(21(18)28)25(4,5)6)13-20-22(29)27(23(30)31-20)14-15-7-9-17(26)10-8-15/h7-13,28H,14H2,1-6H3/b20-13-. The van der Waals surface area contributed by atoms with E-state index in [-0.39, 0.29) is 40.1 Å². The number of hydrogen-bond donors (Lipinski definition) is 1. The molecule has 1 aliphatic rings. The van der Waals surface area contributed by atoms with E-state index in [9.17, 15) is 19.1 Å². The molecule has 0 aliphatic carbocycles. The minimum atomic E-state index is -0.373. The summed E-state index contributed by atoms with van der Waals surface area (Å²) >= 11 is 0.892. The van der Waals surface area contributed by atoms with E-state index in [0.717, 1.165) is 28.5 Å². The van der Waals surface area contributed by atoms with E-state index >= 15 is 0 Å². The van der Waals surface area contributed by atoms with Crippen LogP contribution < -0.4 is 0 Å². The Morgan fingerprint density at radius 3 is 1.97 bits per heavy atom. The molecule has 4 nitrogen and oxygen atoms in total. The number of amides is 2. The Balaban J connectivity index is 1.98. The van der Waals surface area contributed by atoms with E-state index in [2.05, 4.69) is 0 Å². The Hall–Kier alpha value is -2.60. The number of carbonyl (C=O) groups is 2. The molecule has 0 radical (unpaired) electrons. The van der Waals surface area contributed by atoms with Crippen molar-refractivity contribution in [3.05, 3.63) is 69.4 Å². The first-order chi connectivity index (χ1) is 14.3. The average molecular weight is 442 g/mol. The van der Waals surface area contributed by atoms with Crippen LogP contribution in [0, 0.1) is 5.82 Å². The number of carbonyl (C=O) groups excluding carboxylic acids is 2. The first-order valence-electron chi connectivity index (χ1n) is 10.1. The van der Waals surface area contributed by atoms with Gasteiger partial charge in [-0.05, 0) is 64.1 Å². The predicted molar refractivity (Wildman–Crippen MR) is 123 cm³/mol. The van der Waals surface area contributed by atoms with Gasteiger partial charge in [-0.1, -0.05) is 53.7 Å². The van der Waals surface area contributed by atoms with Crippen molar-refractivity contribution in [1.29, 1.82) is 0 Å². The van der Waals surface area contributed by atoms with Crippen LogP contribution in [0.25, 0.3) is 6.08 Å². The highest BCUT2D eigenvalue weighted by molar-refractivity contribution is 8.18. The van der Waals surface area contributed by atoms with E-state index < -0.39 is 0 Å². The van der Waals surface area contributed by atoms with Gasteiger partial charge in [0, 0.05) is 11.1 Å². The fourth-order valence-electron chi connectivity index (χ4n) is 3.44. The van der Waals surface area contributed by atoms with Gasteiger partial charge in [-0.3, -0.25) is 14.5 Å². The van der Waals surface area contributed by atoms with Crippen LogP contribution in [0.5, 0.6) is 5.75 Å². The van der Waals surface area contributed by atoms with Gasteiger partial charge in [0.1, 0.15) is 11.6 Å². The second kappa shape index (κ2) is 8.15. The molecule has 1 saturated heterocycles. The minimum absolute atomic E-state index is 0.0956. The number of imide groups is 1. The fourth-order valence-corrected chi connectivity index (χ4v) is 4.28. The number of phenols is 1. The fraction of sp³-hybridized carbons (Fsp3) is 0.360. The zero-order valence-corrected chi connectivity index (χ0v) is 19.6. The molecule has 0 aromatic heterocycles. The number of nitrogens with zero attached hydrogens (tertiary/aromatic N) is 1. The number of aromatic hydroxyl groups is 1. The number of hydrogen-bond acceptors (Lipinski definition) is 4. The highest BCUT2D eigenvalue weighted by atomic mass is 32.2. The molecule has 0 bridgehead atoms. The summed E-state index contributed by atoms with van der Waals surface area (Å²) in [5.41, 5.74) is 2.43. The van der Waals surface area contributed by atoms with E-state index in [4.69, 9.17) is 0 Å². The SMILES string of the molecule is CC(C)(C)c1cc(/C=C2\SC(=O)N(Cc3ccc(F)cc3)C2=O)cc(C(C)(C)C)c1O. The maximum absolute atomic E-state index is 13.1. The van der Waals surface area contributed by atoms with Crippen LogP contribution in [-0.4, -0.2) is 21.2 Å². The quantitative estimate of drug-likeness (QED) is 0.563. The van der Waals surface area contributed by atoms with Gasteiger partial charge < -0.3 is 5.11 Å². The van der Waals surface area contributed by atoms with Gasteiger partial charge in [-0.25, -0.2) is 4.39 Å². The van der Waals surface area contributed by atoms with Gasteiger partial charge in [0.2, 0.25) is 0 Å². The molecule has 2 aromatic carbocycles. The van der Waals surface area contributed by atoms with Crippen molar-refractivity contribution >= 4 is 29.0 Å². The summed E-state index contributed by atoms with van der Waals surface area (Å²) in [6, 6.07) is 9.49. The molecule has 1 fully saturated rings. The third-order valence-corrected chi connectivity index (χ3v) is 6.08. The van der Waals surface area contributed by atoms with Crippen LogP contribution >= 0.6 is 11.8 Å². The third kappa shape index (κ3) is 5.01. The van der Waals surface area contributed by atoms with E-state index in [1.165, 1.54) is 17.0 Å². The summed E-state index contributed by atoms with van der Waals surface area (Å²) in [6.45, 7) is 12.2. The van der Waals surface area contributed by atoms with Gasteiger partial charge in [0.25, 0.3) is 11.1 Å². The monoisotopic (exact) mass is 441 g/mol. The maximum atomic E-state index is 13.1. The van der Waals surface area contributed by atoms with Gasteiger partial charge in [0.15, 0.2) is 0 Å². The highest BCUT2D eigenvalue weighted by Gasteiger charge is 2.35. The Morgan fingerprint density at radius 2 is 1.48 bits per heavy atom. The first kappa shape index (κ1) is 23.1. The summed E-state index contributed by atoms with van der Waals surface area (Å²) in [7, 11) is 0. The van der Waals surface area contributed by atoms with Crippen molar-refractivity contribution in [2.75, 3.05) is 0 Å². The van der Waals surface area contributed by atoms with Crippen molar-refractivity contribution in [3.8, 4) is 5.75 Å². The molecular formula is C25H28FNO3S. The third-order valence-electron chi connectivity index (χ3n) is 5.17. The Labute approximate surface area is 187 Å². The van der Waals surface area contributed by atoms with Crippen LogP contribution in [0.4, 0.5) is 9.18 Å². The van der Waals surface area contributed by atoms with E-state index in [1.807, 2.05) is 53.7 Å². The van der Waals surface area contributed by atoms with Crippen molar-refractivity contribution < 1.29 is 19.1 Å². The lowest BCUT2D eigenvalue weighted by Gasteiger charge is -2.28. The smallest absolute Gasteiger partial charge is 0.293 e. The number of rotatable bonds is 3. The zero-order chi connectivity index (χ0) is 23.1. The minimum Gasteiger partial charge on any atom is -0.507 e. The molecule has 1 aliphatic heterocycles. The van der Waals surface area contributed by atoms with Gasteiger partial charge in [-0.2, -0.15) is 0 Å². The van der Waals surface area contributed by atoms with Crippen LogP contribution in [-0.2, 0) is 22.2 Å². The summed E-state index contributed by atoms with van der Waals surface area (Å²) in [5, 5.41) is 10.5. The molecule has 1 N–H and O–H groups in total. The predicted octanol–water partition coefficient (Wildman–Crippen LogP) is 6.36. The topological polar surface area (TPSA) is 57.6 Å². The summed E-state index contributed by atoms with van der Waals surface area (Å²) in [6.07, 6.45) is 1.71. The van der Waals surface area contributed by atoms with Gasteiger partial charge in [-0.15, -0.1) is 0 Å². The van der Waals surface area contributed by atoms with E-state index in [1.54, 1.807) is 18.2 Å². The molecule has 2 amide bonds. The van der Waals surface area contributed by atoms with Crippen LogP contribution in [0.15, 0.2) is 41.3 Å². The molecule has 0 unspecified atom stereocenters. The molecule has 0 atom stereocenters. The van der Waals surface area contributed by atoms with Crippen LogP contribution in [0.1, 0.15) is 63.8 Å². The maximum Gasteiger partial charge on any atom is 0.293 e. The molecule has 0 saturated carbocycles. The number of phenolic OH excluding ortho intramolecular Hbond substituents is 1. The second-order valence-corrected chi connectivity index (χ2v) is 10.9. The molecule has 0 spiro atoms. The molecule has 3 rings (SSSR count). The van der Waals surface area contributed by atoms with E-state index in [0.29, 0.717) is 10.5 Å². The molecular weight excluding hydrogens is 413 g/mol. The first-order valence-corrected chi connectivity index (χ1v) is 11.0. The van der Waals surface area contributed by atoms with Crippen molar-refractivity contribution in [2.24, 2.45) is 0 Å². The summed E-state index contributed by atoms with van der Waals surface area (Å²) < 4.78 is 13.1. The average Bonchev–Trinajstić information content (AvgIpc) is 2.90. The van der Waals surface area contributed by atoms with Crippen molar-refractivity contribution in [1.82, 2.24) is 4.90 Å². The molecule has 6 heteroatoms. The summed E-state index contributed by atoms with van der Waals surface area (Å²) in [5.74, 6) is -0.474. The lowest BCUT2D eigenvalue weighted by atomic mass is 9.78. The lowest BCUT2D eigenvalue weighted by molar-refractivity contribution is -0.123. The van der Waals surface area contributed by atoms with Gasteiger partial charge in [0.05, 0.1) is 11.4 Å². The number of halogens is 1. The van der Waals surface area contributed by atoms with Crippen molar-refractivity contribution in [3.63, 3.8) is 0 Å². The van der Waals surface area contributed by atoms with Gasteiger partial charge >= 0.3 is 0 Å². The lowest BCUT2D eigenvalue weighted by Crippen LogP contribution is -2.27. The van der Waals surface area contributed by atoms with Crippen molar-refractivity contribution in [2.45, 2.75) is 58.9 Å². The highest BCUT2D eigenvalue weighted by Crippen LogP contribution is 2.41. The zero-order valence-electron chi connectivity index (χ0n) is 18.7. The Morgan fingerprint density at radius 1 is 0.968 bits per heavy atom. The second-order valence-electron chi connectivity index (χ2n) is 9.86. The normalized spacial score (nSPS) is 16.5. The summed E-state index contributed by atoms with van der Waals surface area (Å²) in [4.78, 5) is 26.9. The number of benzene rings is 2. The largest absolute Gasteiger partial charge is 0.507 e. The Kier molecular flexibility index (Phi) is 6.07. The number of thioether (sulfide) groups is 1. The van der Waals surface area contributed by atoms with Crippen LogP contribution in [0.2, 0.25) is 0 Å². The van der Waals surface area contributed by atoms with Crippen LogP contribution in [0.3, 0.4) is 0 Å². The molecule has 31 heavy (non-hydrogen) atoms. The molecule has 1 heterocycles. The molecule has 164 valence electrons. The molecule has 2 aromatic rings.